The van der Waals surface area contributed by atoms with Crippen LogP contribution < -0.4 is 5.56 Å². The van der Waals surface area contributed by atoms with Crippen LogP contribution in [0.15, 0.2) is 21.5 Å². The average Bonchev–Trinajstić information content (AvgIpc) is 2.10. The zero-order chi connectivity index (χ0) is 11.8. The van der Waals surface area contributed by atoms with Gasteiger partial charge in [0, 0.05) is 16.2 Å². The summed E-state index contributed by atoms with van der Waals surface area (Å²) in [6.07, 6.45) is 1.49. The molecule has 1 aromatic rings. The number of aryl methyl sites for hydroxylation is 1. The number of rotatable bonds is 2. The van der Waals surface area contributed by atoms with Crippen LogP contribution in [0.1, 0.15) is 19.4 Å². The van der Waals surface area contributed by atoms with Crippen LogP contribution >= 0.6 is 15.9 Å². The number of carboxylic acids is 1. The summed E-state index contributed by atoms with van der Waals surface area (Å²) in [6.45, 7) is 4.63. The SMILES string of the molecule is Cc1cc(Br)cn(C(C)(C)C(=O)O)c1=O. The summed E-state index contributed by atoms with van der Waals surface area (Å²) in [6, 6.07) is 1.66. The highest BCUT2D eigenvalue weighted by Crippen LogP contribution is 2.17. The Hall–Kier alpha value is -1.10. The van der Waals surface area contributed by atoms with Crippen molar-refractivity contribution in [2.24, 2.45) is 0 Å². The van der Waals surface area contributed by atoms with E-state index in [4.69, 9.17) is 5.11 Å². The molecule has 5 heteroatoms. The third-order valence-corrected chi connectivity index (χ3v) is 2.72. The number of hydrogen-bond acceptors (Lipinski definition) is 2. The number of hydrogen-bond donors (Lipinski definition) is 1. The summed E-state index contributed by atoms with van der Waals surface area (Å²) in [7, 11) is 0. The summed E-state index contributed by atoms with van der Waals surface area (Å²) < 4.78 is 1.91. The van der Waals surface area contributed by atoms with Crippen molar-refractivity contribution in [2.45, 2.75) is 26.3 Å². The predicted molar refractivity (Wildman–Crippen MR) is 60.1 cm³/mol. The Morgan fingerprint density at radius 1 is 1.53 bits per heavy atom. The molecule has 15 heavy (non-hydrogen) atoms. The monoisotopic (exact) mass is 273 g/mol. The average molecular weight is 274 g/mol. The van der Waals surface area contributed by atoms with Gasteiger partial charge in [0.2, 0.25) is 0 Å². The Kier molecular flexibility index (Phi) is 3.04. The van der Waals surface area contributed by atoms with Gasteiger partial charge in [-0.2, -0.15) is 0 Å². The van der Waals surface area contributed by atoms with Crippen LogP contribution in [0.5, 0.6) is 0 Å². The maximum absolute atomic E-state index is 11.8. The van der Waals surface area contributed by atoms with Crippen LogP contribution in [-0.4, -0.2) is 15.6 Å². The van der Waals surface area contributed by atoms with Gasteiger partial charge in [0.25, 0.3) is 5.56 Å². The molecule has 0 aliphatic rings. The molecule has 0 amide bonds. The number of carbonyl (C=O) groups is 1. The first kappa shape index (κ1) is 12.0. The fourth-order valence-corrected chi connectivity index (χ4v) is 1.74. The maximum Gasteiger partial charge on any atom is 0.329 e. The minimum absolute atomic E-state index is 0.286. The largest absolute Gasteiger partial charge is 0.480 e. The first-order chi connectivity index (χ1) is 6.76. The van der Waals surface area contributed by atoms with E-state index in [0.717, 1.165) is 0 Å². The lowest BCUT2D eigenvalue weighted by Gasteiger charge is -2.23. The lowest BCUT2D eigenvalue weighted by molar-refractivity contribution is -0.145. The molecular weight excluding hydrogens is 262 g/mol. The fourth-order valence-electron chi connectivity index (χ4n) is 1.20. The third kappa shape index (κ3) is 2.12. The van der Waals surface area contributed by atoms with Crippen molar-refractivity contribution in [1.29, 1.82) is 0 Å². The van der Waals surface area contributed by atoms with Crippen molar-refractivity contribution >= 4 is 21.9 Å². The summed E-state index contributed by atoms with van der Waals surface area (Å²) in [5, 5.41) is 9.03. The smallest absolute Gasteiger partial charge is 0.329 e. The van der Waals surface area contributed by atoms with Crippen LogP contribution in [0.25, 0.3) is 0 Å². The standard InChI is InChI=1S/C10H12BrNO3/c1-6-4-7(11)5-12(8(6)13)10(2,3)9(14)15/h4-5H,1-3H3,(H,14,15). The van der Waals surface area contributed by atoms with E-state index in [1.54, 1.807) is 13.0 Å². The molecular formula is C10H12BrNO3. The van der Waals surface area contributed by atoms with Crippen molar-refractivity contribution in [1.82, 2.24) is 4.57 Å². The number of aliphatic carboxylic acids is 1. The van der Waals surface area contributed by atoms with E-state index in [9.17, 15) is 9.59 Å². The Bertz CT molecular complexity index is 462. The number of halogens is 1. The highest BCUT2D eigenvalue weighted by atomic mass is 79.9. The van der Waals surface area contributed by atoms with Gasteiger partial charge in [-0.15, -0.1) is 0 Å². The molecule has 0 saturated carbocycles. The van der Waals surface area contributed by atoms with E-state index >= 15 is 0 Å². The van der Waals surface area contributed by atoms with E-state index in [2.05, 4.69) is 15.9 Å². The van der Waals surface area contributed by atoms with Crippen molar-refractivity contribution in [3.8, 4) is 0 Å². The second kappa shape index (κ2) is 3.81. The Morgan fingerprint density at radius 2 is 2.07 bits per heavy atom. The van der Waals surface area contributed by atoms with Crippen LogP contribution in [0.4, 0.5) is 0 Å². The number of aromatic nitrogens is 1. The van der Waals surface area contributed by atoms with Gasteiger partial charge in [0.05, 0.1) is 0 Å². The molecule has 1 N–H and O–H groups in total. The maximum atomic E-state index is 11.8. The van der Waals surface area contributed by atoms with Crippen LogP contribution in [0.2, 0.25) is 0 Å². The minimum Gasteiger partial charge on any atom is -0.480 e. The topological polar surface area (TPSA) is 59.3 Å². The van der Waals surface area contributed by atoms with Crippen molar-refractivity contribution in [3.63, 3.8) is 0 Å². The van der Waals surface area contributed by atoms with Gasteiger partial charge in [-0.3, -0.25) is 9.36 Å². The minimum atomic E-state index is -1.24. The lowest BCUT2D eigenvalue weighted by Crippen LogP contribution is -2.43. The Balaban J connectivity index is 3.51. The molecule has 0 unspecified atom stereocenters. The predicted octanol–water partition coefficient (Wildman–Crippen LogP) is 1.74. The summed E-state index contributed by atoms with van der Waals surface area (Å²) >= 11 is 3.24. The molecule has 0 saturated heterocycles. The molecule has 1 aromatic heterocycles. The second-order valence-corrected chi connectivity index (χ2v) is 4.80. The highest BCUT2D eigenvalue weighted by Gasteiger charge is 2.30. The van der Waals surface area contributed by atoms with E-state index in [-0.39, 0.29) is 5.56 Å². The molecule has 1 rings (SSSR count). The second-order valence-electron chi connectivity index (χ2n) is 3.88. The van der Waals surface area contributed by atoms with Gasteiger partial charge >= 0.3 is 5.97 Å². The van der Waals surface area contributed by atoms with Gasteiger partial charge in [0.1, 0.15) is 5.54 Å². The fraction of sp³-hybridized carbons (Fsp3) is 0.400. The van der Waals surface area contributed by atoms with E-state index < -0.39 is 11.5 Å². The first-order valence-electron chi connectivity index (χ1n) is 4.39. The molecule has 1 heterocycles. The third-order valence-electron chi connectivity index (χ3n) is 2.29. The van der Waals surface area contributed by atoms with Crippen molar-refractivity contribution in [3.05, 3.63) is 32.7 Å². The molecule has 82 valence electrons. The molecule has 0 fully saturated rings. The summed E-state index contributed by atoms with van der Waals surface area (Å²) in [4.78, 5) is 22.8. The zero-order valence-electron chi connectivity index (χ0n) is 8.74. The van der Waals surface area contributed by atoms with Gasteiger partial charge < -0.3 is 5.11 Å². The van der Waals surface area contributed by atoms with Crippen LogP contribution in [-0.2, 0) is 10.3 Å². The molecule has 0 aromatic carbocycles. The molecule has 0 atom stereocenters. The van der Waals surface area contributed by atoms with Crippen LogP contribution in [0.3, 0.4) is 0 Å². The molecule has 0 aliphatic heterocycles. The van der Waals surface area contributed by atoms with Gasteiger partial charge in [0.15, 0.2) is 0 Å². The van der Waals surface area contributed by atoms with E-state index in [0.29, 0.717) is 10.0 Å². The molecule has 0 aliphatic carbocycles. The zero-order valence-corrected chi connectivity index (χ0v) is 10.3. The van der Waals surface area contributed by atoms with Crippen molar-refractivity contribution < 1.29 is 9.90 Å². The van der Waals surface area contributed by atoms with Gasteiger partial charge in [-0.25, -0.2) is 4.79 Å². The Labute approximate surface area is 95.7 Å². The summed E-state index contributed by atoms with van der Waals surface area (Å²) in [5.41, 5.74) is -1.02. The van der Waals surface area contributed by atoms with E-state index in [1.165, 1.54) is 24.6 Å². The molecule has 0 bridgehead atoms. The molecule has 0 radical (unpaired) electrons. The first-order valence-corrected chi connectivity index (χ1v) is 5.19. The Morgan fingerprint density at radius 3 is 2.53 bits per heavy atom. The van der Waals surface area contributed by atoms with Crippen molar-refractivity contribution in [2.75, 3.05) is 0 Å². The van der Waals surface area contributed by atoms with E-state index in [1.807, 2.05) is 0 Å². The van der Waals surface area contributed by atoms with Crippen LogP contribution in [0, 0.1) is 6.92 Å². The quantitative estimate of drug-likeness (QED) is 0.893. The normalized spacial score (nSPS) is 11.5. The van der Waals surface area contributed by atoms with Gasteiger partial charge in [-0.05, 0) is 42.8 Å². The lowest BCUT2D eigenvalue weighted by atomic mass is 10.1. The highest BCUT2D eigenvalue weighted by molar-refractivity contribution is 9.10. The molecule has 0 spiro atoms. The number of nitrogens with zero attached hydrogens (tertiary/aromatic N) is 1. The number of pyridine rings is 1. The van der Waals surface area contributed by atoms with Gasteiger partial charge in [-0.1, -0.05) is 0 Å². The number of carboxylic acid groups (broad SMARTS) is 1. The molecule has 4 nitrogen and oxygen atoms in total. The summed E-state index contributed by atoms with van der Waals surface area (Å²) in [5.74, 6) is -1.04.